The van der Waals surface area contributed by atoms with E-state index in [1.807, 2.05) is 18.2 Å². The third-order valence-corrected chi connectivity index (χ3v) is 5.61. The first-order valence-electron chi connectivity index (χ1n) is 9.75. The second-order valence-electron chi connectivity index (χ2n) is 7.34. The van der Waals surface area contributed by atoms with Gasteiger partial charge in [0.2, 0.25) is 0 Å². The Hall–Kier alpha value is -3.31. The summed E-state index contributed by atoms with van der Waals surface area (Å²) in [6.45, 7) is 1.55. The summed E-state index contributed by atoms with van der Waals surface area (Å²) in [4.78, 5) is 26.5. The molecule has 6 heteroatoms. The van der Waals surface area contributed by atoms with Gasteiger partial charge in [0.05, 0.1) is 11.3 Å². The van der Waals surface area contributed by atoms with E-state index >= 15 is 0 Å². The predicted molar refractivity (Wildman–Crippen MR) is 119 cm³/mol. The maximum absolute atomic E-state index is 12.5. The first-order valence-corrected chi connectivity index (χ1v) is 10.1. The number of halogens is 1. The highest BCUT2D eigenvalue weighted by Gasteiger charge is 2.27. The molecule has 0 aromatic heterocycles. The molecule has 1 fully saturated rings. The van der Waals surface area contributed by atoms with Gasteiger partial charge < -0.3 is 15.3 Å². The largest absolute Gasteiger partial charge is 0.478 e. The zero-order valence-corrected chi connectivity index (χ0v) is 17.0. The van der Waals surface area contributed by atoms with Crippen molar-refractivity contribution >= 4 is 34.9 Å². The Bertz CT molecular complexity index is 1080. The van der Waals surface area contributed by atoms with Crippen LogP contribution in [0.3, 0.4) is 0 Å². The maximum atomic E-state index is 12.5. The molecule has 0 aliphatic carbocycles. The fourth-order valence-electron chi connectivity index (χ4n) is 3.87. The SMILES string of the molecule is O=C(Nc1ccc(N2CCC(c3ccccc3)C2)c(C(=O)O)c1)c1cccc(Cl)c1. The van der Waals surface area contributed by atoms with Crippen LogP contribution in [0.25, 0.3) is 0 Å². The molecule has 30 heavy (non-hydrogen) atoms. The molecule has 1 aliphatic rings. The number of aromatic carboxylic acids is 1. The monoisotopic (exact) mass is 420 g/mol. The van der Waals surface area contributed by atoms with E-state index in [0.717, 1.165) is 19.5 Å². The molecule has 4 rings (SSSR count). The standard InChI is InChI=1S/C24H21ClN2O3/c25-19-8-4-7-17(13-19)23(28)26-20-9-10-22(21(14-20)24(29)30)27-12-11-18(15-27)16-5-2-1-3-6-16/h1-10,13-14,18H,11-12,15H2,(H,26,28)(H,29,30). The van der Waals surface area contributed by atoms with Gasteiger partial charge in [-0.05, 0) is 48.4 Å². The Morgan fingerprint density at radius 3 is 2.53 bits per heavy atom. The van der Waals surface area contributed by atoms with Crippen molar-refractivity contribution in [1.29, 1.82) is 0 Å². The number of hydrogen-bond acceptors (Lipinski definition) is 3. The second-order valence-corrected chi connectivity index (χ2v) is 7.78. The van der Waals surface area contributed by atoms with Crippen LogP contribution in [0.2, 0.25) is 5.02 Å². The molecule has 5 nitrogen and oxygen atoms in total. The Morgan fingerprint density at radius 1 is 1.00 bits per heavy atom. The molecule has 1 unspecified atom stereocenters. The third-order valence-electron chi connectivity index (χ3n) is 5.37. The molecule has 2 N–H and O–H groups in total. The van der Waals surface area contributed by atoms with Crippen LogP contribution in [-0.4, -0.2) is 30.1 Å². The summed E-state index contributed by atoms with van der Waals surface area (Å²) >= 11 is 5.94. The number of benzene rings is 3. The number of carboxylic acid groups (broad SMARTS) is 1. The fourth-order valence-corrected chi connectivity index (χ4v) is 4.06. The first-order chi connectivity index (χ1) is 14.5. The minimum absolute atomic E-state index is 0.174. The van der Waals surface area contributed by atoms with Gasteiger partial charge in [-0.25, -0.2) is 4.79 Å². The molecule has 1 atom stereocenters. The average Bonchev–Trinajstić information content (AvgIpc) is 3.24. The number of carbonyl (C=O) groups excluding carboxylic acids is 1. The minimum atomic E-state index is -1.02. The van der Waals surface area contributed by atoms with Gasteiger partial charge in [0.15, 0.2) is 0 Å². The molecule has 0 spiro atoms. The zero-order chi connectivity index (χ0) is 21.1. The number of nitrogens with zero attached hydrogens (tertiary/aromatic N) is 1. The lowest BCUT2D eigenvalue weighted by molar-refractivity contribution is 0.0697. The van der Waals surface area contributed by atoms with Crippen molar-refractivity contribution in [3.05, 3.63) is 94.5 Å². The van der Waals surface area contributed by atoms with Crippen LogP contribution in [0.1, 0.15) is 38.6 Å². The summed E-state index contributed by atoms with van der Waals surface area (Å²) in [7, 11) is 0. The van der Waals surface area contributed by atoms with Gasteiger partial charge in [0.1, 0.15) is 0 Å². The summed E-state index contributed by atoms with van der Waals surface area (Å²) in [6.07, 6.45) is 0.969. The normalized spacial score (nSPS) is 15.8. The molecular formula is C24H21ClN2O3. The number of carbonyl (C=O) groups is 2. The van der Waals surface area contributed by atoms with Crippen molar-refractivity contribution in [2.45, 2.75) is 12.3 Å². The van der Waals surface area contributed by atoms with Crippen LogP contribution in [0.15, 0.2) is 72.8 Å². The van der Waals surface area contributed by atoms with Crippen molar-refractivity contribution < 1.29 is 14.7 Å². The summed E-state index contributed by atoms with van der Waals surface area (Å²) in [5.74, 6) is -0.992. The van der Waals surface area contributed by atoms with Gasteiger partial charge in [-0.15, -0.1) is 0 Å². The Kier molecular flexibility index (Phi) is 5.72. The number of amides is 1. The van der Waals surface area contributed by atoms with Gasteiger partial charge >= 0.3 is 5.97 Å². The quantitative estimate of drug-likeness (QED) is 0.588. The van der Waals surface area contributed by atoms with E-state index in [4.69, 9.17) is 11.6 Å². The van der Waals surface area contributed by atoms with Crippen LogP contribution >= 0.6 is 11.6 Å². The molecule has 0 saturated carbocycles. The summed E-state index contributed by atoms with van der Waals surface area (Å²) in [5.41, 5.74) is 2.95. The molecule has 0 radical (unpaired) electrons. The van der Waals surface area contributed by atoms with Crippen molar-refractivity contribution in [2.24, 2.45) is 0 Å². The fraction of sp³-hybridized carbons (Fsp3) is 0.167. The van der Waals surface area contributed by atoms with Crippen LogP contribution < -0.4 is 10.2 Å². The highest BCUT2D eigenvalue weighted by molar-refractivity contribution is 6.31. The zero-order valence-electron chi connectivity index (χ0n) is 16.2. The van der Waals surface area contributed by atoms with Gasteiger partial charge in [0, 0.05) is 35.3 Å². The van der Waals surface area contributed by atoms with Gasteiger partial charge in [-0.1, -0.05) is 48.0 Å². The summed E-state index contributed by atoms with van der Waals surface area (Å²) < 4.78 is 0. The first kappa shape index (κ1) is 20.0. The molecule has 1 amide bonds. The lowest BCUT2D eigenvalue weighted by atomic mass is 9.99. The smallest absolute Gasteiger partial charge is 0.337 e. The summed E-state index contributed by atoms with van der Waals surface area (Å²) in [5, 5.41) is 13.0. The van der Waals surface area contributed by atoms with Crippen LogP contribution in [0.4, 0.5) is 11.4 Å². The Labute approximate surface area is 179 Å². The molecule has 1 heterocycles. The maximum Gasteiger partial charge on any atom is 0.337 e. The lowest BCUT2D eigenvalue weighted by Gasteiger charge is -2.21. The molecule has 3 aromatic rings. The third kappa shape index (κ3) is 4.31. The van der Waals surface area contributed by atoms with Crippen molar-refractivity contribution in [2.75, 3.05) is 23.3 Å². The molecule has 3 aromatic carbocycles. The Morgan fingerprint density at radius 2 is 1.80 bits per heavy atom. The van der Waals surface area contributed by atoms with Crippen molar-refractivity contribution in [3.63, 3.8) is 0 Å². The van der Waals surface area contributed by atoms with Gasteiger partial charge in [-0.3, -0.25) is 4.79 Å². The van der Waals surface area contributed by atoms with E-state index in [0.29, 0.717) is 27.9 Å². The van der Waals surface area contributed by atoms with Crippen LogP contribution in [0, 0.1) is 0 Å². The Balaban J connectivity index is 1.54. The van der Waals surface area contributed by atoms with Gasteiger partial charge in [-0.2, -0.15) is 0 Å². The number of rotatable bonds is 5. The van der Waals surface area contributed by atoms with E-state index in [1.54, 1.807) is 36.4 Å². The van der Waals surface area contributed by atoms with E-state index < -0.39 is 5.97 Å². The van der Waals surface area contributed by atoms with Gasteiger partial charge in [0.25, 0.3) is 5.91 Å². The molecule has 0 bridgehead atoms. The number of carboxylic acids is 1. The highest BCUT2D eigenvalue weighted by Crippen LogP contribution is 2.33. The number of nitrogens with one attached hydrogen (secondary N) is 1. The van der Waals surface area contributed by atoms with E-state index in [2.05, 4.69) is 22.3 Å². The summed E-state index contributed by atoms with van der Waals surface area (Å²) in [6, 6.07) is 21.9. The molecule has 1 saturated heterocycles. The minimum Gasteiger partial charge on any atom is -0.478 e. The second kappa shape index (κ2) is 8.59. The number of hydrogen-bond donors (Lipinski definition) is 2. The van der Waals surface area contributed by atoms with E-state index in [1.165, 1.54) is 11.6 Å². The lowest BCUT2D eigenvalue weighted by Crippen LogP contribution is -2.22. The molecule has 1 aliphatic heterocycles. The van der Waals surface area contributed by atoms with Crippen LogP contribution in [-0.2, 0) is 0 Å². The number of anilines is 2. The van der Waals surface area contributed by atoms with E-state index in [-0.39, 0.29) is 11.5 Å². The molecule has 152 valence electrons. The van der Waals surface area contributed by atoms with Crippen molar-refractivity contribution in [3.8, 4) is 0 Å². The van der Waals surface area contributed by atoms with E-state index in [9.17, 15) is 14.7 Å². The predicted octanol–water partition coefficient (Wildman–Crippen LogP) is 5.28. The topological polar surface area (TPSA) is 69.6 Å². The van der Waals surface area contributed by atoms with Crippen molar-refractivity contribution in [1.82, 2.24) is 0 Å². The van der Waals surface area contributed by atoms with Crippen LogP contribution in [0.5, 0.6) is 0 Å². The molecular weight excluding hydrogens is 400 g/mol. The average molecular weight is 421 g/mol. The highest BCUT2D eigenvalue weighted by atomic mass is 35.5.